The minimum Gasteiger partial charge on any atom is -0.467 e. The molecule has 4 aromatic heterocycles. The number of fused-ring (bicyclic) bond motifs is 2. The topological polar surface area (TPSA) is 84.0 Å². The lowest BCUT2D eigenvalue weighted by Gasteiger charge is -2.08. The van der Waals surface area contributed by atoms with Crippen LogP contribution in [-0.2, 0) is 6.54 Å². The molecule has 0 saturated heterocycles. The van der Waals surface area contributed by atoms with Gasteiger partial charge in [0.15, 0.2) is 5.65 Å². The second-order valence-electron chi connectivity index (χ2n) is 5.70. The first-order valence-corrected chi connectivity index (χ1v) is 7.91. The maximum Gasteiger partial charge on any atom is 0.210 e. The number of nitrogens with zero attached hydrogens (tertiary/aromatic N) is 4. The fourth-order valence-corrected chi connectivity index (χ4v) is 3.01. The zero-order chi connectivity index (χ0) is 16.6. The number of para-hydroxylation sites is 1. The van der Waals surface area contributed by atoms with Crippen molar-refractivity contribution in [1.82, 2.24) is 24.6 Å². The van der Waals surface area contributed by atoms with Crippen molar-refractivity contribution < 1.29 is 4.42 Å². The minimum atomic E-state index is 0.541. The van der Waals surface area contributed by atoms with Gasteiger partial charge in [0.25, 0.3) is 0 Å². The van der Waals surface area contributed by atoms with E-state index in [1.165, 1.54) is 0 Å². The maximum absolute atomic E-state index is 5.34. The fraction of sp³-hybridized carbons (Fsp3) is 0.0556. The molecular formula is C18H14N6O. The first-order chi connectivity index (χ1) is 12.4. The van der Waals surface area contributed by atoms with E-state index in [9.17, 15) is 0 Å². The normalized spacial score (nSPS) is 11.4. The number of H-pyrrole nitrogens is 1. The van der Waals surface area contributed by atoms with E-state index in [-0.39, 0.29) is 0 Å². The first kappa shape index (κ1) is 13.8. The van der Waals surface area contributed by atoms with Crippen molar-refractivity contribution in [3.05, 3.63) is 67.1 Å². The summed E-state index contributed by atoms with van der Waals surface area (Å²) in [4.78, 5) is 7.85. The highest BCUT2D eigenvalue weighted by Crippen LogP contribution is 2.31. The highest BCUT2D eigenvalue weighted by Gasteiger charge is 2.14. The predicted molar refractivity (Wildman–Crippen MR) is 94.1 cm³/mol. The molecule has 5 aromatic rings. The summed E-state index contributed by atoms with van der Waals surface area (Å²) in [6.45, 7) is 0.541. The molecule has 0 radical (unpaired) electrons. The monoisotopic (exact) mass is 330 g/mol. The van der Waals surface area contributed by atoms with Crippen molar-refractivity contribution in [2.75, 3.05) is 5.32 Å². The van der Waals surface area contributed by atoms with Gasteiger partial charge in [-0.15, -0.1) is 10.2 Å². The number of aromatic nitrogens is 5. The van der Waals surface area contributed by atoms with Gasteiger partial charge in [0.2, 0.25) is 5.95 Å². The van der Waals surface area contributed by atoms with Crippen LogP contribution in [0.5, 0.6) is 0 Å². The SMILES string of the molecule is c1coc(CNc2ncc(-c3c[nH]c4ccccc34)c3nncn23)c1. The van der Waals surface area contributed by atoms with Crippen LogP contribution in [0.25, 0.3) is 27.7 Å². The lowest BCUT2D eigenvalue weighted by molar-refractivity contribution is 0.517. The van der Waals surface area contributed by atoms with Gasteiger partial charge >= 0.3 is 0 Å². The third-order valence-electron chi connectivity index (χ3n) is 4.21. The van der Waals surface area contributed by atoms with Gasteiger partial charge in [-0.05, 0) is 18.2 Å². The molecule has 7 heteroatoms. The van der Waals surface area contributed by atoms with Crippen LogP contribution in [0.3, 0.4) is 0 Å². The van der Waals surface area contributed by atoms with Crippen LogP contribution >= 0.6 is 0 Å². The number of nitrogens with one attached hydrogen (secondary N) is 2. The van der Waals surface area contributed by atoms with E-state index in [1.54, 1.807) is 12.6 Å². The van der Waals surface area contributed by atoms with E-state index in [0.29, 0.717) is 12.5 Å². The van der Waals surface area contributed by atoms with Gasteiger partial charge < -0.3 is 14.7 Å². The summed E-state index contributed by atoms with van der Waals surface area (Å²) in [6, 6.07) is 11.9. The molecule has 0 amide bonds. The summed E-state index contributed by atoms with van der Waals surface area (Å²) in [5, 5.41) is 12.7. The number of aromatic amines is 1. The summed E-state index contributed by atoms with van der Waals surface area (Å²) in [7, 11) is 0. The molecule has 0 unspecified atom stereocenters. The average molecular weight is 330 g/mol. The lowest BCUT2D eigenvalue weighted by atomic mass is 10.1. The molecule has 2 N–H and O–H groups in total. The highest BCUT2D eigenvalue weighted by molar-refractivity contribution is 5.98. The zero-order valence-electron chi connectivity index (χ0n) is 13.2. The summed E-state index contributed by atoms with van der Waals surface area (Å²) in [5.41, 5.74) is 3.81. The largest absolute Gasteiger partial charge is 0.467 e. The van der Waals surface area contributed by atoms with E-state index < -0.39 is 0 Å². The van der Waals surface area contributed by atoms with Gasteiger partial charge in [-0.3, -0.25) is 4.40 Å². The van der Waals surface area contributed by atoms with Crippen molar-refractivity contribution in [2.24, 2.45) is 0 Å². The third kappa shape index (κ3) is 2.25. The highest BCUT2D eigenvalue weighted by atomic mass is 16.3. The Morgan fingerprint density at radius 1 is 1.12 bits per heavy atom. The molecule has 25 heavy (non-hydrogen) atoms. The Hall–Kier alpha value is -3.61. The molecule has 0 saturated carbocycles. The standard InChI is InChI=1S/C18H14N6O/c1-2-6-16-13(5-1)14(9-19-16)15-10-21-18(24-11-22-23-17(15)24)20-8-12-4-3-7-25-12/h1-7,9-11,19H,8H2,(H,20,21). The van der Waals surface area contributed by atoms with Crippen LogP contribution < -0.4 is 5.32 Å². The molecule has 4 heterocycles. The number of hydrogen-bond acceptors (Lipinski definition) is 5. The molecule has 122 valence electrons. The van der Waals surface area contributed by atoms with E-state index in [1.807, 2.05) is 47.1 Å². The lowest BCUT2D eigenvalue weighted by Crippen LogP contribution is -2.06. The van der Waals surface area contributed by atoms with Crippen LogP contribution in [0.1, 0.15) is 5.76 Å². The van der Waals surface area contributed by atoms with E-state index in [0.717, 1.165) is 33.4 Å². The smallest absolute Gasteiger partial charge is 0.210 e. The number of hydrogen-bond donors (Lipinski definition) is 2. The number of anilines is 1. The predicted octanol–water partition coefficient (Wildman–Crippen LogP) is 3.48. The summed E-state index contributed by atoms with van der Waals surface area (Å²) < 4.78 is 7.19. The quantitative estimate of drug-likeness (QED) is 0.527. The summed E-state index contributed by atoms with van der Waals surface area (Å²) in [6.07, 6.45) is 7.11. The number of rotatable bonds is 4. The molecule has 0 aliphatic heterocycles. The summed E-state index contributed by atoms with van der Waals surface area (Å²) >= 11 is 0. The Balaban J connectivity index is 1.59. The van der Waals surface area contributed by atoms with Crippen molar-refractivity contribution in [2.45, 2.75) is 6.54 Å². The number of benzene rings is 1. The van der Waals surface area contributed by atoms with Crippen LogP contribution in [0, 0.1) is 0 Å². The van der Waals surface area contributed by atoms with Gasteiger partial charge in [0.1, 0.15) is 12.1 Å². The van der Waals surface area contributed by atoms with Gasteiger partial charge in [-0.2, -0.15) is 0 Å². The fourth-order valence-electron chi connectivity index (χ4n) is 3.01. The summed E-state index contributed by atoms with van der Waals surface area (Å²) in [5.74, 6) is 1.50. The molecule has 0 spiro atoms. The molecule has 0 atom stereocenters. The second-order valence-corrected chi connectivity index (χ2v) is 5.70. The molecule has 0 bridgehead atoms. The van der Waals surface area contributed by atoms with Crippen LogP contribution in [0.15, 0.2) is 65.8 Å². The molecule has 1 aromatic carbocycles. The van der Waals surface area contributed by atoms with Crippen molar-refractivity contribution in [3.63, 3.8) is 0 Å². The Morgan fingerprint density at radius 2 is 2.08 bits per heavy atom. The van der Waals surface area contributed by atoms with Crippen LogP contribution in [0.4, 0.5) is 5.95 Å². The molecule has 0 aliphatic rings. The Labute approximate surface area is 142 Å². The third-order valence-corrected chi connectivity index (χ3v) is 4.21. The van der Waals surface area contributed by atoms with E-state index in [2.05, 4.69) is 31.5 Å². The van der Waals surface area contributed by atoms with Gasteiger partial charge in [0.05, 0.1) is 12.8 Å². The minimum absolute atomic E-state index is 0.541. The van der Waals surface area contributed by atoms with Crippen LogP contribution in [-0.4, -0.2) is 24.6 Å². The van der Waals surface area contributed by atoms with Crippen molar-refractivity contribution in [3.8, 4) is 11.1 Å². The Kier molecular flexibility index (Phi) is 3.03. The van der Waals surface area contributed by atoms with Gasteiger partial charge in [0, 0.05) is 34.4 Å². The molecule has 5 rings (SSSR count). The van der Waals surface area contributed by atoms with Crippen LogP contribution in [0.2, 0.25) is 0 Å². The van der Waals surface area contributed by atoms with Crippen molar-refractivity contribution in [1.29, 1.82) is 0 Å². The van der Waals surface area contributed by atoms with E-state index >= 15 is 0 Å². The Morgan fingerprint density at radius 3 is 3.00 bits per heavy atom. The molecule has 0 aliphatic carbocycles. The number of furan rings is 1. The second kappa shape index (κ2) is 5.48. The molecule has 0 fully saturated rings. The maximum atomic E-state index is 5.34. The van der Waals surface area contributed by atoms with Crippen molar-refractivity contribution >= 4 is 22.5 Å². The molecular weight excluding hydrogens is 316 g/mol. The Bertz CT molecular complexity index is 1150. The van der Waals surface area contributed by atoms with Gasteiger partial charge in [-0.1, -0.05) is 18.2 Å². The van der Waals surface area contributed by atoms with Gasteiger partial charge in [-0.25, -0.2) is 4.98 Å². The first-order valence-electron chi connectivity index (χ1n) is 7.91. The average Bonchev–Trinajstić information content (AvgIpc) is 3.39. The zero-order valence-corrected chi connectivity index (χ0v) is 13.2. The van der Waals surface area contributed by atoms with E-state index in [4.69, 9.17) is 4.42 Å². The molecule has 7 nitrogen and oxygen atoms in total.